The molecular weight excluding hydrogens is 334 g/mol. The van der Waals surface area contributed by atoms with Crippen molar-refractivity contribution in [3.8, 4) is 5.75 Å². The lowest BCUT2D eigenvalue weighted by Gasteiger charge is -2.20. The normalized spacial score (nSPS) is 11.9. The van der Waals surface area contributed by atoms with Gasteiger partial charge in [-0.1, -0.05) is 42.3 Å². The number of rotatable bonds is 6. The Bertz CT molecular complexity index is 747. The summed E-state index contributed by atoms with van der Waals surface area (Å²) in [6.45, 7) is 10.1. The van der Waals surface area contributed by atoms with Crippen molar-refractivity contribution in [2.24, 2.45) is 0 Å². The van der Waals surface area contributed by atoms with Gasteiger partial charge in [-0.3, -0.25) is 4.79 Å². The van der Waals surface area contributed by atoms with Gasteiger partial charge in [0, 0.05) is 5.02 Å². The predicted octanol–water partition coefficient (Wildman–Crippen LogP) is 5.22. The van der Waals surface area contributed by atoms with Gasteiger partial charge in [-0.25, -0.2) is 0 Å². The molecule has 0 saturated heterocycles. The summed E-state index contributed by atoms with van der Waals surface area (Å²) in [6.07, 6.45) is 0.828. The summed E-state index contributed by atoms with van der Waals surface area (Å²) in [7, 11) is 0. The van der Waals surface area contributed by atoms with Gasteiger partial charge in [-0.2, -0.15) is 0 Å². The van der Waals surface area contributed by atoms with Crippen LogP contribution in [-0.2, 0) is 4.79 Å². The summed E-state index contributed by atoms with van der Waals surface area (Å²) in [4.78, 5) is 12.3. The third-order valence-corrected chi connectivity index (χ3v) is 4.92. The Morgan fingerprint density at radius 2 is 1.72 bits per heavy atom. The van der Waals surface area contributed by atoms with E-state index in [1.807, 2.05) is 26.0 Å². The first-order valence-electron chi connectivity index (χ1n) is 8.57. The van der Waals surface area contributed by atoms with Crippen molar-refractivity contribution in [2.75, 3.05) is 6.61 Å². The molecule has 0 fully saturated rings. The van der Waals surface area contributed by atoms with Gasteiger partial charge in [0.1, 0.15) is 5.75 Å². The minimum absolute atomic E-state index is 0.00890. The Labute approximate surface area is 155 Å². The summed E-state index contributed by atoms with van der Waals surface area (Å²) in [6, 6.07) is 10.00. The van der Waals surface area contributed by atoms with Gasteiger partial charge < -0.3 is 10.1 Å². The third kappa shape index (κ3) is 4.99. The topological polar surface area (TPSA) is 38.3 Å². The van der Waals surface area contributed by atoms with E-state index < -0.39 is 0 Å². The molecule has 0 aliphatic rings. The molecule has 0 bridgehead atoms. The number of carbonyl (C=O) groups is 1. The fourth-order valence-corrected chi connectivity index (χ4v) is 3.10. The quantitative estimate of drug-likeness (QED) is 0.767. The average molecular weight is 360 g/mol. The first-order valence-corrected chi connectivity index (χ1v) is 8.95. The standard InChI is InChI=1S/C21H26ClNO2/c1-6-19(18-8-7-13(2)9-14(18)3)23-20(24)12-25-17-10-15(4)21(22)16(5)11-17/h7-11,19H,6,12H2,1-5H3,(H,23,24)/t19-/m0/s1. The molecule has 1 N–H and O–H groups in total. The van der Waals surface area contributed by atoms with Crippen LogP contribution in [0, 0.1) is 27.7 Å². The van der Waals surface area contributed by atoms with Crippen LogP contribution in [0.4, 0.5) is 0 Å². The maximum absolute atomic E-state index is 12.3. The van der Waals surface area contributed by atoms with Crippen LogP contribution in [0.2, 0.25) is 5.02 Å². The number of halogens is 1. The lowest BCUT2D eigenvalue weighted by atomic mass is 9.97. The number of hydrogen-bond acceptors (Lipinski definition) is 2. The van der Waals surface area contributed by atoms with Crippen LogP contribution in [0.25, 0.3) is 0 Å². The van der Waals surface area contributed by atoms with Crippen molar-refractivity contribution in [1.82, 2.24) is 5.32 Å². The van der Waals surface area contributed by atoms with E-state index in [-0.39, 0.29) is 18.6 Å². The van der Waals surface area contributed by atoms with E-state index in [1.54, 1.807) is 0 Å². The van der Waals surface area contributed by atoms with Gasteiger partial charge in [0.2, 0.25) is 0 Å². The average Bonchev–Trinajstić information content (AvgIpc) is 2.56. The number of aryl methyl sites for hydroxylation is 4. The first-order chi connectivity index (χ1) is 11.8. The summed E-state index contributed by atoms with van der Waals surface area (Å²) in [5, 5.41) is 3.80. The second-order valence-corrected chi connectivity index (χ2v) is 6.93. The van der Waals surface area contributed by atoms with E-state index in [2.05, 4.69) is 44.3 Å². The second-order valence-electron chi connectivity index (χ2n) is 6.55. The van der Waals surface area contributed by atoms with Crippen LogP contribution in [-0.4, -0.2) is 12.5 Å². The van der Waals surface area contributed by atoms with Gasteiger partial charge >= 0.3 is 0 Å². The molecule has 0 aromatic heterocycles. The molecule has 134 valence electrons. The number of amides is 1. The molecule has 0 spiro atoms. The molecule has 0 heterocycles. The van der Waals surface area contributed by atoms with Crippen molar-refractivity contribution in [3.63, 3.8) is 0 Å². The summed E-state index contributed by atoms with van der Waals surface area (Å²) >= 11 is 6.16. The SMILES string of the molecule is CC[C@H](NC(=O)COc1cc(C)c(Cl)c(C)c1)c1ccc(C)cc1C. The zero-order chi connectivity index (χ0) is 18.6. The van der Waals surface area contributed by atoms with Crippen LogP contribution < -0.4 is 10.1 Å². The maximum Gasteiger partial charge on any atom is 0.258 e. The van der Waals surface area contributed by atoms with Gasteiger partial charge in [-0.15, -0.1) is 0 Å². The zero-order valence-corrected chi connectivity index (χ0v) is 16.3. The molecule has 1 amide bonds. The minimum atomic E-state index is -0.128. The molecule has 0 aliphatic carbocycles. The van der Waals surface area contributed by atoms with Gasteiger partial charge in [0.25, 0.3) is 5.91 Å². The van der Waals surface area contributed by atoms with Crippen LogP contribution in [0.5, 0.6) is 5.75 Å². The maximum atomic E-state index is 12.3. The van der Waals surface area contributed by atoms with Crippen molar-refractivity contribution in [2.45, 2.75) is 47.1 Å². The monoisotopic (exact) mass is 359 g/mol. The fourth-order valence-electron chi connectivity index (χ4n) is 2.99. The number of benzene rings is 2. The van der Waals surface area contributed by atoms with Crippen LogP contribution in [0.3, 0.4) is 0 Å². The molecule has 4 heteroatoms. The third-order valence-electron chi connectivity index (χ3n) is 4.32. The summed E-state index contributed by atoms with van der Waals surface area (Å²) in [5.74, 6) is 0.534. The Morgan fingerprint density at radius 1 is 1.08 bits per heavy atom. The predicted molar refractivity (Wildman–Crippen MR) is 104 cm³/mol. The number of hydrogen-bond donors (Lipinski definition) is 1. The van der Waals surface area contributed by atoms with E-state index in [0.717, 1.165) is 28.1 Å². The van der Waals surface area contributed by atoms with E-state index in [1.165, 1.54) is 11.1 Å². The molecule has 0 unspecified atom stereocenters. The van der Waals surface area contributed by atoms with Gasteiger partial charge in [0.05, 0.1) is 6.04 Å². The molecule has 1 atom stereocenters. The van der Waals surface area contributed by atoms with E-state index in [0.29, 0.717) is 5.75 Å². The van der Waals surface area contributed by atoms with E-state index >= 15 is 0 Å². The largest absolute Gasteiger partial charge is 0.484 e. The molecule has 0 radical (unpaired) electrons. The summed E-state index contributed by atoms with van der Waals surface area (Å²) in [5.41, 5.74) is 5.45. The van der Waals surface area contributed by atoms with Crippen molar-refractivity contribution in [3.05, 3.63) is 63.2 Å². The van der Waals surface area contributed by atoms with E-state index in [4.69, 9.17) is 16.3 Å². The number of ether oxygens (including phenoxy) is 1. The molecule has 2 aromatic carbocycles. The lowest BCUT2D eigenvalue weighted by molar-refractivity contribution is -0.123. The molecule has 25 heavy (non-hydrogen) atoms. The van der Waals surface area contributed by atoms with Gasteiger partial charge in [0.15, 0.2) is 6.61 Å². The number of carbonyl (C=O) groups excluding carboxylic acids is 1. The smallest absolute Gasteiger partial charge is 0.258 e. The molecule has 0 aliphatic heterocycles. The molecular formula is C21H26ClNO2. The highest BCUT2D eigenvalue weighted by Gasteiger charge is 2.15. The summed E-state index contributed by atoms with van der Waals surface area (Å²) < 4.78 is 5.64. The highest BCUT2D eigenvalue weighted by atomic mass is 35.5. The molecule has 2 aromatic rings. The Balaban J connectivity index is 2.01. The van der Waals surface area contributed by atoms with Crippen LogP contribution in [0.15, 0.2) is 30.3 Å². The van der Waals surface area contributed by atoms with Crippen molar-refractivity contribution in [1.29, 1.82) is 0 Å². The molecule has 3 nitrogen and oxygen atoms in total. The zero-order valence-electron chi connectivity index (χ0n) is 15.6. The molecule has 0 saturated carbocycles. The fraction of sp³-hybridized carbons (Fsp3) is 0.381. The number of nitrogens with one attached hydrogen (secondary N) is 1. The van der Waals surface area contributed by atoms with Crippen molar-refractivity contribution >= 4 is 17.5 Å². The Kier molecular flexibility index (Phi) is 6.49. The van der Waals surface area contributed by atoms with Crippen LogP contribution >= 0.6 is 11.6 Å². The lowest BCUT2D eigenvalue weighted by Crippen LogP contribution is -2.32. The highest BCUT2D eigenvalue weighted by Crippen LogP contribution is 2.26. The van der Waals surface area contributed by atoms with Gasteiger partial charge in [-0.05, 0) is 68.5 Å². The van der Waals surface area contributed by atoms with E-state index in [9.17, 15) is 4.79 Å². The first kappa shape index (κ1) is 19.3. The molecule has 2 rings (SSSR count). The second kappa shape index (κ2) is 8.39. The van der Waals surface area contributed by atoms with Crippen molar-refractivity contribution < 1.29 is 9.53 Å². The van der Waals surface area contributed by atoms with Crippen LogP contribution in [0.1, 0.15) is 47.2 Å². The Hall–Kier alpha value is -2.00. The highest BCUT2D eigenvalue weighted by molar-refractivity contribution is 6.32. The Morgan fingerprint density at radius 3 is 2.28 bits per heavy atom. The minimum Gasteiger partial charge on any atom is -0.484 e.